The highest BCUT2D eigenvalue weighted by Crippen LogP contribution is 2.46. The van der Waals surface area contributed by atoms with Crippen molar-refractivity contribution in [3.05, 3.63) is 59.7 Å². The van der Waals surface area contributed by atoms with Gasteiger partial charge in [-0.1, -0.05) is 30.3 Å². The Kier molecular flexibility index (Phi) is 5.55. The van der Waals surface area contributed by atoms with Crippen molar-refractivity contribution in [1.29, 1.82) is 0 Å². The predicted molar refractivity (Wildman–Crippen MR) is 96.5 cm³/mol. The fraction of sp³-hybridized carbons (Fsp3) is 0.316. The van der Waals surface area contributed by atoms with Crippen molar-refractivity contribution in [1.82, 2.24) is 4.90 Å². The van der Waals surface area contributed by atoms with Gasteiger partial charge in [0.1, 0.15) is 16.9 Å². The lowest BCUT2D eigenvalue weighted by atomic mass is 10.1. The summed E-state index contributed by atoms with van der Waals surface area (Å²) in [6.07, 6.45) is -4.73. The van der Waals surface area contributed by atoms with E-state index in [2.05, 4.69) is 4.74 Å². The number of alkyl halides is 3. The molecule has 1 aliphatic heterocycles. The van der Waals surface area contributed by atoms with Gasteiger partial charge >= 0.3 is 6.36 Å². The summed E-state index contributed by atoms with van der Waals surface area (Å²) >= 11 is 1.52. The summed E-state index contributed by atoms with van der Waals surface area (Å²) in [6.45, 7) is 2.13. The molecule has 8 heteroatoms. The molecule has 4 nitrogen and oxygen atoms in total. The summed E-state index contributed by atoms with van der Waals surface area (Å²) in [6, 6.07) is 13.0. The first-order valence-electron chi connectivity index (χ1n) is 8.22. The zero-order chi connectivity index (χ0) is 19.6. The number of para-hydroxylation sites is 1. The largest absolute Gasteiger partial charge is 0.573 e. The number of carbonyl (C=O) groups is 1. The monoisotopic (exact) mass is 397 g/mol. The van der Waals surface area contributed by atoms with Crippen LogP contribution >= 0.6 is 11.8 Å². The predicted octanol–water partition coefficient (Wildman–Crippen LogP) is 4.76. The van der Waals surface area contributed by atoms with Crippen molar-refractivity contribution >= 4 is 17.7 Å². The van der Waals surface area contributed by atoms with Gasteiger partial charge in [0, 0.05) is 12.1 Å². The number of ether oxygens (including phenoxy) is 2. The molecule has 0 spiro atoms. The Balaban J connectivity index is 1.82. The zero-order valence-corrected chi connectivity index (χ0v) is 15.5. The Bertz CT molecular complexity index is 811. The zero-order valence-electron chi connectivity index (χ0n) is 14.7. The van der Waals surface area contributed by atoms with Crippen LogP contribution in [-0.2, 0) is 11.3 Å². The number of benzene rings is 2. The molecule has 144 valence electrons. The number of halogens is 3. The quantitative estimate of drug-likeness (QED) is 0.730. The van der Waals surface area contributed by atoms with Crippen LogP contribution in [0.5, 0.6) is 11.5 Å². The summed E-state index contributed by atoms with van der Waals surface area (Å²) in [5.41, 5.74) is 1.60. The molecule has 1 heterocycles. The fourth-order valence-electron chi connectivity index (χ4n) is 2.94. The van der Waals surface area contributed by atoms with Crippen LogP contribution in [0.25, 0.3) is 0 Å². The molecule has 0 radical (unpaired) electrons. The Hall–Kier alpha value is -2.35. The maximum Gasteiger partial charge on any atom is 0.573 e. The molecular formula is C19H18F3NO3S. The SMILES string of the molecule is COc1ccccc1C1SC(C)C(=O)N1Cc1ccc(OC(F)(F)F)cc1. The standard InChI is InChI=1S/C19H18F3NO3S/c1-12-17(24)23(18(27-12)15-5-3-4-6-16(15)25-2)11-13-7-9-14(10-8-13)26-19(20,21)22/h3-10,12,18H,11H2,1-2H3. The molecule has 3 rings (SSSR count). The Labute approximate surface area is 159 Å². The van der Waals surface area contributed by atoms with E-state index in [0.717, 1.165) is 5.56 Å². The lowest BCUT2D eigenvalue weighted by Gasteiger charge is -2.25. The van der Waals surface area contributed by atoms with E-state index in [0.29, 0.717) is 11.3 Å². The van der Waals surface area contributed by atoms with Crippen LogP contribution in [0.2, 0.25) is 0 Å². The highest BCUT2D eigenvalue weighted by Gasteiger charge is 2.39. The topological polar surface area (TPSA) is 38.8 Å². The highest BCUT2D eigenvalue weighted by atomic mass is 32.2. The molecule has 1 aliphatic rings. The van der Waals surface area contributed by atoms with Crippen LogP contribution in [0.1, 0.15) is 23.4 Å². The molecule has 2 aromatic rings. The molecule has 2 unspecified atom stereocenters. The van der Waals surface area contributed by atoms with Crippen molar-refractivity contribution in [3.8, 4) is 11.5 Å². The van der Waals surface area contributed by atoms with Crippen LogP contribution in [0.15, 0.2) is 48.5 Å². The first kappa shape index (κ1) is 19.4. The number of hydrogen-bond acceptors (Lipinski definition) is 4. The molecule has 0 bridgehead atoms. The lowest BCUT2D eigenvalue weighted by molar-refractivity contribution is -0.274. The second kappa shape index (κ2) is 7.72. The van der Waals surface area contributed by atoms with Crippen LogP contribution in [0, 0.1) is 0 Å². The Morgan fingerprint density at radius 3 is 2.41 bits per heavy atom. The summed E-state index contributed by atoms with van der Waals surface area (Å²) in [4.78, 5) is 14.4. The average Bonchev–Trinajstić information content (AvgIpc) is 2.90. The van der Waals surface area contributed by atoms with Crippen LogP contribution in [0.3, 0.4) is 0 Å². The second-order valence-corrected chi connectivity index (χ2v) is 7.46. The van der Waals surface area contributed by atoms with Gasteiger partial charge in [-0.05, 0) is 30.7 Å². The van der Waals surface area contributed by atoms with E-state index in [9.17, 15) is 18.0 Å². The Morgan fingerprint density at radius 1 is 1.11 bits per heavy atom. The maximum absolute atomic E-state index is 12.6. The molecular weight excluding hydrogens is 379 g/mol. The van der Waals surface area contributed by atoms with Crippen molar-refractivity contribution < 1.29 is 27.4 Å². The van der Waals surface area contributed by atoms with Crippen LogP contribution in [0.4, 0.5) is 13.2 Å². The van der Waals surface area contributed by atoms with Crippen molar-refractivity contribution in [2.24, 2.45) is 0 Å². The number of thioether (sulfide) groups is 1. The van der Waals surface area contributed by atoms with Gasteiger partial charge in [-0.25, -0.2) is 0 Å². The smallest absolute Gasteiger partial charge is 0.496 e. The molecule has 27 heavy (non-hydrogen) atoms. The van der Waals surface area contributed by atoms with Gasteiger partial charge in [-0.15, -0.1) is 24.9 Å². The van der Waals surface area contributed by atoms with Crippen molar-refractivity contribution in [3.63, 3.8) is 0 Å². The minimum absolute atomic E-state index is 0.0217. The van der Waals surface area contributed by atoms with E-state index in [-0.39, 0.29) is 28.8 Å². The molecule has 0 aliphatic carbocycles. The number of carbonyl (C=O) groups excluding carboxylic acids is 1. The first-order chi connectivity index (χ1) is 12.8. The van der Waals surface area contributed by atoms with Gasteiger partial charge in [0.15, 0.2) is 0 Å². The van der Waals surface area contributed by atoms with E-state index in [1.807, 2.05) is 31.2 Å². The van der Waals surface area contributed by atoms with Gasteiger partial charge < -0.3 is 14.4 Å². The number of rotatable bonds is 5. The highest BCUT2D eigenvalue weighted by molar-refractivity contribution is 8.01. The average molecular weight is 397 g/mol. The summed E-state index contributed by atoms with van der Waals surface area (Å²) in [5, 5.41) is -0.442. The van der Waals surface area contributed by atoms with E-state index in [4.69, 9.17) is 4.74 Å². The molecule has 1 saturated heterocycles. The number of hydrogen-bond donors (Lipinski definition) is 0. The van der Waals surface area contributed by atoms with E-state index >= 15 is 0 Å². The second-order valence-electron chi connectivity index (χ2n) is 6.03. The molecule has 1 amide bonds. The van der Waals surface area contributed by atoms with E-state index in [1.165, 1.54) is 36.0 Å². The van der Waals surface area contributed by atoms with Crippen LogP contribution in [-0.4, -0.2) is 29.5 Å². The van der Waals surface area contributed by atoms with E-state index in [1.54, 1.807) is 12.0 Å². The summed E-state index contributed by atoms with van der Waals surface area (Å²) < 4.78 is 46.2. The van der Waals surface area contributed by atoms with Gasteiger partial charge in [0.25, 0.3) is 0 Å². The molecule has 0 saturated carbocycles. The summed E-state index contributed by atoms with van der Waals surface area (Å²) in [7, 11) is 1.58. The van der Waals surface area contributed by atoms with Crippen molar-refractivity contribution in [2.75, 3.05) is 7.11 Å². The number of nitrogens with zero attached hydrogens (tertiary/aromatic N) is 1. The number of methoxy groups -OCH3 is 1. The minimum atomic E-state index is -4.73. The molecule has 0 aromatic heterocycles. The summed E-state index contributed by atoms with van der Waals surface area (Å²) in [5.74, 6) is 0.380. The molecule has 1 fully saturated rings. The third-order valence-corrected chi connectivity index (χ3v) is 5.54. The first-order valence-corrected chi connectivity index (χ1v) is 9.16. The Morgan fingerprint density at radius 2 is 1.78 bits per heavy atom. The van der Waals surface area contributed by atoms with Crippen molar-refractivity contribution in [2.45, 2.75) is 30.5 Å². The fourth-order valence-corrected chi connectivity index (χ4v) is 4.24. The van der Waals surface area contributed by atoms with Gasteiger partial charge in [0.05, 0.1) is 12.4 Å². The lowest BCUT2D eigenvalue weighted by Crippen LogP contribution is -2.30. The van der Waals surface area contributed by atoms with Crippen LogP contribution < -0.4 is 9.47 Å². The molecule has 2 aromatic carbocycles. The third kappa shape index (κ3) is 4.50. The minimum Gasteiger partial charge on any atom is -0.496 e. The molecule has 2 atom stereocenters. The molecule has 0 N–H and O–H groups in total. The number of amides is 1. The normalized spacial score (nSPS) is 20.0. The van der Waals surface area contributed by atoms with E-state index < -0.39 is 6.36 Å². The third-order valence-electron chi connectivity index (χ3n) is 4.16. The van der Waals surface area contributed by atoms with Gasteiger partial charge in [-0.3, -0.25) is 4.79 Å². The van der Waals surface area contributed by atoms with Gasteiger partial charge in [0.2, 0.25) is 5.91 Å². The van der Waals surface area contributed by atoms with Gasteiger partial charge in [-0.2, -0.15) is 0 Å². The maximum atomic E-state index is 12.6.